The van der Waals surface area contributed by atoms with Gasteiger partial charge in [-0.25, -0.2) is 5.48 Å². The van der Waals surface area contributed by atoms with E-state index in [0.29, 0.717) is 5.04 Å². The fourth-order valence-electron chi connectivity index (χ4n) is 1.17. The molecule has 0 saturated heterocycles. The van der Waals surface area contributed by atoms with Gasteiger partial charge < -0.3 is 4.53 Å². The smallest absolute Gasteiger partial charge is 0.219 e. The molecule has 4 heteroatoms. The monoisotopic (exact) mass is 275 g/mol. The average molecular weight is 276 g/mol. The molecule has 1 aliphatic carbocycles. The van der Waals surface area contributed by atoms with Crippen LogP contribution in [0, 0.1) is 5.92 Å². The fourth-order valence-corrected chi connectivity index (χ4v) is 3.12. The van der Waals surface area contributed by atoms with Crippen LogP contribution in [0.5, 0.6) is 0 Å². The lowest BCUT2D eigenvalue weighted by atomic mass is 10.2. The lowest BCUT2D eigenvalue weighted by Gasteiger charge is -2.35. The minimum absolute atomic E-state index is 0.292. The van der Waals surface area contributed by atoms with Gasteiger partial charge in [0.15, 0.2) is 0 Å². The third-order valence-corrected chi connectivity index (χ3v) is 9.30. The Labute approximate surface area is 112 Å². The summed E-state index contributed by atoms with van der Waals surface area (Å²) in [6.45, 7) is 12.4. The van der Waals surface area contributed by atoms with Crippen LogP contribution in [0.3, 0.4) is 0 Å². The second-order valence-electron chi connectivity index (χ2n) is 6.63. The first kappa shape index (κ1) is 15.5. The van der Waals surface area contributed by atoms with Crippen LogP contribution >= 0.6 is 11.8 Å². The summed E-state index contributed by atoms with van der Waals surface area (Å²) in [7, 11) is -1.60. The zero-order valence-corrected chi connectivity index (χ0v) is 14.0. The highest BCUT2D eigenvalue weighted by atomic mass is 32.2. The Kier molecular flexibility index (Phi) is 6.03. The molecule has 0 bridgehead atoms. The highest BCUT2D eigenvalue weighted by molar-refractivity contribution is 7.99. The highest BCUT2D eigenvalue weighted by Gasteiger charge is 2.37. The van der Waals surface area contributed by atoms with Gasteiger partial charge in [-0.05, 0) is 54.8 Å². The van der Waals surface area contributed by atoms with Crippen molar-refractivity contribution in [3.63, 3.8) is 0 Å². The van der Waals surface area contributed by atoms with Crippen molar-refractivity contribution in [2.75, 3.05) is 18.1 Å². The van der Waals surface area contributed by atoms with Gasteiger partial charge in [-0.3, -0.25) is 0 Å². The van der Waals surface area contributed by atoms with Crippen LogP contribution in [0.25, 0.3) is 0 Å². The summed E-state index contributed by atoms with van der Waals surface area (Å²) in [4.78, 5) is 0. The molecule has 1 N–H and O–H groups in total. The lowest BCUT2D eigenvalue weighted by Crippen LogP contribution is -2.45. The van der Waals surface area contributed by atoms with E-state index in [-0.39, 0.29) is 0 Å². The van der Waals surface area contributed by atoms with Gasteiger partial charge in [0.1, 0.15) is 0 Å². The van der Waals surface area contributed by atoms with E-state index in [1.807, 2.05) is 0 Å². The van der Waals surface area contributed by atoms with Crippen molar-refractivity contribution in [1.29, 1.82) is 0 Å². The summed E-state index contributed by atoms with van der Waals surface area (Å²) in [6.07, 6.45) is 4.16. The second kappa shape index (κ2) is 6.59. The Balaban J connectivity index is 1.95. The minimum Gasteiger partial charge on any atom is -0.345 e. The molecule has 0 aliphatic heterocycles. The normalized spacial score (nSPS) is 17.5. The lowest BCUT2D eigenvalue weighted by molar-refractivity contribution is 0.174. The van der Waals surface area contributed by atoms with Crippen LogP contribution in [0.1, 0.15) is 40.0 Å². The van der Waals surface area contributed by atoms with E-state index < -0.39 is 8.32 Å². The van der Waals surface area contributed by atoms with Crippen molar-refractivity contribution in [3.05, 3.63) is 0 Å². The topological polar surface area (TPSA) is 21.3 Å². The van der Waals surface area contributed by atoms with E-state index in [2.05, 4.69) is 51.1 Å². The molecule has 0 atom stereocenters. The molecule has 0 amide bonds. The molecular formula is C13H29NOSSi. The maximum absolute atomic E-state index is 5.91. The number of hydroxylamine groups is 1. The SMILES string of the molecule is CC(C)(C)[Si](C)(C)ONCCCSCC1CC1. The van der Waals surface area contributed by atoms with Crippen molar-refractivity contribution >= 4 is 20.1 Å². The van der Waals surface area contributed by atoms with Crippen LogP contribution in [0.15, 0.2) is 0 Å². The molecule has 102 valence electrons. The molecular weight excluding hydrogens is 246 g/mol. The van der Waals surface area contributed by atoms with E-state index in [4.69, 9.17) is 4.53 Å². The molecule has 0 aromatic heterocycles. The molecule has 0 heterocycles. The fraction of sp³-hybridized carbons (Fsp3) is 1.00. The highest BCUT2D eigenvalue weighted by Crippen LogP contribution is 2.35. The van der Waals surface area contributed by atoms with Gasteiger partial charge in [0.05, 0.1) is 0 Å². The Bertz CT molecular complexity index is 224. The summed E-state index contributed by atoms with van der Waals surface area (Å²) in [5.74, 6) is 3.70. The Morgan fingerprint density at radius 2 is 1.94 bits per heavy atom. The van der Waals surface area contributed by atoms with Crippen LogP contribution < -0.4 is 5.48 Å². The summed E-state index contributed by atoms with van der Waals surface area (Å²) in [6, 6.07) is 0. The predicted octanol–water partition coefficient (Wildman–Crippen LogP) is 4.05. The Morgan fingerprint density at radius 1 is 1.29 bits per heavy atom. The number of hydrogen-bond donors (Lipinski definition) is 1. The Morgan fingerprint density at radius 3 is 2.47 bits per heavy atom. The van der Waals surface area contributed by atoms with Gasteiger partial charge in [0.25, 0.3) is 0 Å². The van der Waals surface area contributed by atoms with E-state index in [1.54, 1.807) is 0 Å². The van der Waals surface area contributed by atoms with Crippen molar-refractivity contribution in [3.8, 4) is 0 Å². The second-order valence-corrected chi connectivity index (χ2v) is 12.5. The first-order valence-corrected chi connectivity index (χ1v) is 10.9. The molecule has 1 saturated carbocycles. The molecule has 0 radical (unpaired) electrons. The summed E-state index contributed by atoms with van der Waals surface area (Å²) in [5, 5.41) is 0.292. The number of hydrogen-bond acceptors (Lipinski definition) is 3. The number of rotatable bonds is 8. The van der Waals surface area contributed by atoms with Crippen LogP contribution in [-0.2, 0) is 4.53 Å². The molecule has 0 aromatic carbocycles. The van der Waals surface area contributed by atoms with E-state index in [9.17, 15) is 0 Å². The zero-order chi connectivity index (χ0) is 12.9. The number of thioether (sulfide) groups is 1. The zero-order valence-electron chi connectivity index (χ0n) is 12.1. The molecule has 1 aliphatic rings. The first-order valence-electron chi connectivity index (χ1n) is 6.81. The van der Waals surface area contributed by atoms with Gasteiger partial charge in [0, 0.05) is 6.54 Å². The van der Waals surface area contributed by atoms with E-state index in [1.165, 1.54) is 30.8 Å². The third-order valence-electron chi connectivity index (χ3n) is 3.75. The minimum atomic E-state index is -1.60. The van der Waals surface area contributed by atoms with Crippen molar-refractivity contribution in [2.45, 2.75) is 58.2 Å². The molecule has 1 rings (SSSR count). The first-order chi connectivity index (χ1) is 7.83. The average Bonchev–Trinajstić information content (AvgIpc) is 2.98. The maximum Gasteiger partial charge on any atom is 0.219 e. The van der Waals surface area contributed by atoms with Gasteiger partial charge in [-0.1, -0.05) is 20.8 Å². The predicted molar refractivity (Wildman–Crippen MR) is 81.0 cm³/mol. The molecule has 17 heavy (non-hydrogen) atoms. The third kappa shape index (κ3) is 6.27. The molecule has 1 fully saturated rings. The summed E-state index contributed by atoms with van der Waals surface area (Å²) < 4.78 is 5.91. The van der Waals surface area contributed by atoms with E-state index >= 15 is 0 Å². The summed E-state index contributed by atoms with van der Waals surface area (Å²) in [5.41, 5.74) is 3.18. The van der Waals surface area contributed by atoms with Crippen molar-refractivity contribution in [1.82, 2.24) is 5.48 Å². The molecule has 0 spiro atoms. The van der Waals surface area contributed by atoms with Crippen molar-refractivity contribution < 1.29 is 4.53 Å². The van der Waals surface area contributed by atoms with Crippen LogP contribution in [0.2, 0.25) is 18.1 Å². The van der Waals surface area contributed by atoms with Crippen LogP contribution in [0.4, 0.5) is 0 Å². The van der Waals surface area contributed by atoms with Crippen LogP contribution in [-0.4, -0.2) is 26.4 Å². The van der Waals surface area contributed by atoms with E-state index in [0.717, 1.165) is 12.5 Å². The maximum atomic E-state index is 5.91. The quantitative estimate of drug-likeness (QED) is 0.410. The van der Waals surface area contributed by atoms with Crippen molar-refractivity contribution in [2.24, 2.45) is 5.92 Å². The molecule has 2 nitrogen and oxygen atoms in total. The van der Waals surface area contributed by atoms with Gasteiger partial charge in [-0.2, -0.15) is 11.8 Å². The largest absolute Gasteiger partial charge is 0.345 e. The van der Waals surface area contributed by atoms with Gasteiger partial charge >= 0.3 is 0 Å². The van der Waals surface area contributed by atoms with Gasteiger partial charge in [0.2, 0.25) is 8.32 Å². The summed E-state index contributed by atoms with van der Waals surface area (Å²) >= 11 is 2.10. The standard InChI is InChI=1S/C13H29NOSSi/c1-13(2,3)17(4,5)15-14-9-6-10-16-11-12-7-8-12/h12,14H,6-11H2,1-5H3. The number of nitrogens with one attached hydrogen (secondary N) is 1. The molecule has 0 unspecified atom stereocenters. The Hall–Kier alpha value is 0.487. The van der Waals surface area contributed by atoms with Gasteiger partial charge in [-0.15, -0.1) is 0 Å². The molecule has 0 aromatic rings.